The molecule has 1 fully saturated rings. The molecule has 2 aromatic rings. The van der Waals surface area contributed by atoms with Crippen LogP contribution in [0.25, 0.3) is 5.65 Å². The van der Waals surface area contributed by atoms with Crippen molar-refractivity contribution in [1.29, 1.82) is 0 Å². The summed E-state index contributed by atoms with van der Waals surface area (Å²) in [5, 5.41) is 0. The summed E-state index contributed by atoms with van der Waals surface area (Å²) in [7, 11) is 2.20. The van der Waals surface area contributed by atoms with Crippen molar-refractivity contribution >= 4 is 11.3 Å². The average Bonchev–Trinajstić information content (AvgIpc) is 2.70. The first-order valence-corrected chi connectivity index (χ1v) is 6.62. The number of nitrogen functional groups attached to an aromatic ring is 1. The first-order chi connectivity index (χ1) is 8.70. The van der Waals surface area contributed by atoms with Crippen molar-refractivity contribution in [3.05, 3.63) is 30.2 Å². The van der Waals surface area contributed by atoms with Gasteiger partial charge >= 0.3 is 0 Å². The van der Waals surface area contributed by atoms with Crippen LogP contribution in [0.5, 0.6) is 0 Å². The summed E-state index contributed by atoms with van der Waals surface area (Å²) in [4.78, 5) is 7.08. The molecular formula is C14H20N4. The van der Waals surface area contributed by atoms with Gasteiger partial charge in [-0.2, -0.15) is 0 Å². The van der Waals surface area contributed by atoms with Gasteiger partial charge < -0.3 is 15.0 Å². The van der Waals surface area contributed by atoms with E-state index in [1.807, 2.05) is 22.7 Å². The molecule has 1 atom stereocenters. The van der Waals surface area contributed by atoms with E-state index < -0.39 is 0 Å². The van der Waals surface area contributed by atoms with Crippen LogP contribution in [0.15, 0.2) is 24.5 Å². The van der Waals surface area contributed by atoms with E-state index in [1.165, 1.54) is 31.6 Å². The number of pyridine rings is 1. The smallest absolute Gasteiger partial charge is 0.137 e. The lowest BCUT2D eigenvalue weighted by Crippen LogP contribution is -2.33. The maximum atomic E-state index is 5.78. The summed E-state index contributed by atoms with van der Waals surface area (Å²) < 4.78 is 2.03. The number of nitrogens with two attached hydrogens (primary N) is 1. The summed E-state index contributed by atoms with van der Waals surface area (Å²) >= 11 is 0. The van der Waals surface area contributed by atoms with E-state index in [2.05, 4.69) is 23.1 Å². The normalized spacial score (nSPS) is 21.5. The molecule has 1 aliphatic rings. The van der Waals surface area contributed by atoms with Crippen LogP contribution >= 0.6 is 0 Å². The highest BCUT2D eigenvalue weighted by Gasteiger charge is 2.18. The molecule has 4 heteroatoms. The zero-order valence-electron chi connectivity index (χ0n) is 10.8. The number of piperidine rings is 1. The van der Waals surface area contributed by atoms with Crippen molar-refractivity contribution in [1.82, 2.24) is 14.3 Å². The Hall–Kier alpha value is -1.55. The van der Waals surface area contributed by atoms with E-state index in [1.54, 1.807) is 0 Å². The van der Waals surface area contributed by atoms with Crippen LogP contribution in [0.2, 0.25) is 0 Å². The minimum absolute atomic E-state index is 0.742. The molecule has 0 spiro atoms. The van der Waals surface area contributed by atoms with Crippen molar-refractivity contribution in [3.63, 3.8) is 0 Å². The van der Waals surface area contributed by atoms with Crippen molar-refractivity contribution < 1.29 is 0 Å². The Labute approximate surface area is 107 Å². The van der Waals surface area contributed by atoms with Crippen molar-refractivity contribution in [2.45, 2.75) is 19.3 Å². The quantitative estimate of drug-likeness (QED) is 0.876. The first-order valence-electron chi connectivity index (χ1n) is 6.62. The van der Waals surface area contributed by atoms with E-state index in [4.69, 9.17) is 5.73 Å². The lowest BCUT2D eigenvalue weighted by atomic mass is 9.94. The summed E-state index contributed by atoms with van der Waals surface area (Å²) in [6, 6.07) is 3.88. The highest BCUT2D eigenvalue weighted by atomic mass is 15.1. The second-order valence-corrected chi connectivity index (χ2v) is 5.43. The fourth-order valence-electron chi connectivity index (χ4n) is 2.90. The monoisotopic (exact) mass is 244 g/mol. The van der Waals surface area contributed by atoms with Crippen LogP contribution in [-0.2, 0) is 6.42 Å². The van der Waals surface area contributed by atoms with Gasteiger partial charge in [-0.3, -0.25) is 0 Å². The molecule has 1 unspecified atom stereocenters. The Morgan fingerprint density at radius 3 is 3.11 bits per heavy atom. The molecule has 0 saturated carbocycles. The van der Waals surface area contributed by atoms with Gasteiger partial charge in [-0.1, -0.05) is 0 Å². The molecule has 2 aromatic heterocycles. The summed E-state index contributed by atoms with van der Waals surface area (Å²) in [5.74, 6) is 0.742. The molecule has 2 N–H and O–H groups in total. The highest BCUT2D eigenvalue weighted by molar-refractivity contribution is 5.48. The molecule has 0 aliphatic carbocycles. The van der Waals surface area contributed by atoms with Gasteiger partial charge in [-0.05, 0) is 50.9 Å². The average molecular weight is 244 g/mol. The van der Waals surface area contributed by atoms with Crippen LogP contribution < -0.4 is 5.73 Å². The fraction of sp³-hybridized carbons (Fsp3) is 0.500. The Kier molecular flexibility index (Phi) is 2.96. The molecule has 4 nitrogen and oxygen atoms in total. The Bertz CT molecular complexity index is 546. The number of fused-ring (bicyclic) bond motifs is 1. The van der Waals surface area contributed by atoms with Gasteiger partial charge in [0.15, 0.2) is 0 Å². The molecule has 1 saturated heterocycles. The van der Waals surface area contributed by atoms with E-state index in [0.717, 1.165) is 23.7 Å². The third-order valence-corrected chi connectivity index (χ3v) is 3.74. The van der Waals surface area contributed by atoms with E-state index >= 15 is 0 Å². The minimum Gasteiger partial charge on any atom is -0.398 e. The van der Waals surface area contributed by atoms with Crippen molar-refractivity contribution in [2.75, 3.05) is 25.9 Å². The van der Waals surface area contributed by atoms with Gasteiger partial charge in [0.25, 0.3) is 0 Å². The van der Waals surface area contributed by atoms with Crippen LogP contribution in [0.3, 0.4) is 0 Å². The van der Waals surface area contributed by atoms with Gasteiger partial charge in [0.1, 0.15) is 5.65 Å². The third kappa shape index (κ3) is 2.34. The maximum Gasteiger partial charge on any atom is 0.137 e. The molecule has 0 radical (unpaired) electrons. The third-order valence-electron chi connectivity index (χ3n) is 3.74. The predicted molar refractivity (Wildman–Crippen MR) is 73.5 cm³/mol. The number of imidazole rings is 1. The zero-order valence-corrected chi connectivity index (χ0v) is 10.8. The van der Waals surface area contributed by atoms with Crippen LogP contribution in [-0.4, -0.2) is 34.4 Å². The first kappa shape index (κ1) is 11.5. The zero-order chi connectivity index (χ0) is 12.5. The standard InChI is InChI=1S/C14H20N4/c1-17-6-2-3-11(8-17)7-13-10-18-9-12(15)4-5-14(18)16-13/h4-5,9-11H,2-3,6-8,15H2,1H3. The number of hydrogen-bond acceptors (Lipinski definition) is 3. The number of hydrogen-bond donors (Lipinski definition) is 1. The largest absolute Gasteiger partial charge is 0.398 e. The minimum atomic E-state index is 0.742. The Morgan fingerprint density at radius 2 is 2.28 bits per heavy atom. The molecule has 0 amide bonds. The molecule has 3 heterocycles. The van der Waals surface area contributed by atoms with Gasteiger partial charge in [0.2, 0.25) is 0 Å². The number of aromatic nitrogens is 2. The van der Waals surface area contributed by atoms with Gasteiger partial charge in [0.05, 0.1) is 5.69 Å². The molecular weight excluding hydrogens is 224 g/mol. The second-order valence-electron chi connectivity index (χ2n) is 5.43. The highest BCUT2D eigenvalue weighted by Crippen LogP contribution is 2.20. The lowest BCUT2D eigenvalue weighted by Gasteiger charge is -2.29. The van der Waals surface area contributed by atoms with Gasteiger partial charge in [-0.25, -0.2) is 4.98 Å². The molecule has 0 aromatic carbocycles. The van der Waals surface area contributed by atoms with Gasteiger partial charge in [0, 0.05) is 24.6 Å². The van der Waals surface area contributed by atoms with Gasteiger partial charge in [-0.15, -0.1) is 0 Å². The van der Waals surface area contributed by atoms with Crippen LogP contribution in [0, 0.1) is 5.92 Å². The molecule has 0 bridgehead atoms. The summed E-state index contributed by atoms with van der Waals surface area (Å²) in [6.07, 6.45) is 7.74. The Balaban J connectivity index is 1.78. The molecule has 96 valence electrons. The van der Waals surface area contributed by atoms with E-state index in [9.17, 15) is 0 Å². The van der Waals surface area contributed by atoms with Crippen LogP contribution in [0.4, 0.5) is 5.69 Å². The number of anilines is 1. The maximum absolute atomic E-state index is 5.78. The van der Waals surface area contributed by atoms with Crippen LogP contribution in [0.1, 0.15) is 18.5 Å². The molecule has 3 rings (SSSR count). The molecule has 1 aliphatic heterocycles. The molecule has 18 heavy (non-hydrogen) atoms. The number of nitrogens with zero attached hydrogens (tertiary/aromatic N) is 3. The summed E-state index contributed by atoms with van der Waals surface area (Å²) in [5.41, 5.74) is 8.73. The SMILES string of the molecule is CN1CCCC(Cc2cn3cc(N)ccc3n2)C1. The second kappa shape index (κ2) is 4.61. The summed E-state index contributed by atoms with van der Waals surface area (Å²) in [6.45, 7) is 2.42. The fourth-order valence-corrected chi connectivity index (χ4v) is 2.90. The van der Waals surface area contributed by atoms with E-state index in [-0.39, 0.29) is 0 Å². The topological polar surface area (TPSA) is 46.6 Å². The predicted octanol–water partition coefficient (Wildman–Crippen LogP) is 1.80. The lowest BCUT2D eigenvalue weighted by molar-refractivity contribution is 0.208. The van der Waals surface area contributed by atoms with Crippen molar-refractivity contribution in [2.24, 2.45) is 5.92 Å². The number of likely N-dealkylation sites (tertiary alicyclic amines) is 1. The number of rotatable bonds is 2. The Morgan fingerprint density at radius 1 is 1.39 bits per heavy atom. The van der Waals surface area contributed by atoms with Crippen molar-refractivity contribution in [3.8, 4) is 0 Å². The van der Waals surface area contributed by atoms with E-state index in [0.29, 0.717) is 0 Å².